The third kappa shape index (κ3) is 5.62. The first kappa shape index (κ1) is 36.9. The zero-order chi connectivity index (χ0) is 43.2. The average molecular weight is 837 g/mol. The standard InChI is InChI=1S/C58H40N6O/c1-60-48-27-11-9-23-45(48)53-52-47-31-30-42(36-50(47)64(51-29-13-14-32-59-51)56(52)54-46-24-10-12-28-49(46)61(2)58(54)57(53)60)65-41-22-15-21-40(35-41)62-33-34-63(37-62)55-43(38-17-5-3-6-18-38)25-16-26-44(55)39-19-7-4-8-20-39/h3-36H,1-2H3. The summed E-state index contributed by atoms with van der Waals surface area (Å²) in [6.07, 6.45) is 9.65. The third-order valence-corrected chi connectivity index (χ3v) is 13.1. The molecule has 0 atom stereocenters. The topological polar surface area (TPSA) is 45.7 Å². The third-order valence-electron chi connectivity index (χ3n) is 13.1. The number of para-hydroxylation sites is 3. The van der Waals surface area contributed by atoms with Gasteiger partial charge in [-0.1, -0.05) is 127 Å². The Morgan fingerprint density at radius 3 is 1.77 bits per heavy atom. The van der Waals surface area contributed by atoms with Crippen LogP contribution in [0.4, 0.5) is 0 Å². The molecule has 308 valence electrons. The fraction of sp³-hybridized carbons (Fsp3) is 0.0345. The number of fused-ring (bicyclic) bond motifs is 12. The van der Waals surface area contributed by atoms with Crippen LogP contribution in [-0.4, -0.2) is 23.3 Å². The number of ether oxygens (including phenoxy) is 1. The number of rotatable bonds is 7. The van der Waals surface area contributed by atoms with Gasteiger partial charge in [-0.05, 0) is 76.9 Å². The number of imidazole rings is 1. The molecular formula is C58H40N6O. The monoisotopic (exact) mass is 836 g/mol. The maximum absolute atomic E-state index is 6.83. The van der Waals surface area contributed by atoms with Crippen LogP contribution < -0.4 is 9.30 Å². The largest absolute Gasteiger partial charge is 0.458 e. The van der Waals surface area contributed by atoms with Gasteiger partial charge in [0.1, 0.15) is 17.3 Å². The van der Waals surface area contributed by atoms with E-state index in [2.05, 4.69) is 221 Å². The summed E-state index contributed by atoms with van der Waals surface area (Å²) < 4.78 is 18.0. The van der Waals surface area contributed by atoms with Gasteiger partial charge in [0.05, 0.1) is 33.4 Å². The van der Waals surface area contributed by atoms with Gasteiger partial charge in [0.25, 0.3) is 6.33 Å². The molecule has 0 saturated heterocycles. The molecule has 7 heteroatoms. The molecule has 0 aliphatic rings. The van der Waals surface area contributed by atoms with Crippen molar-refractivity contribution < 1.29 is 9.30 Å². The van der Waals surface area contributed by atoms with Gasteiger partial charge in [-0.3, -0.25) is 13.7 Å². The van der Waals surface area contributed by atoms with Crippen molar-refractivity contribution in [1.82, 2.24) is 23.3 Å². The highest BCUT2D eigenvalue weighted by Crippen LogP contribution is 2.49. The molecule has 13 rings (SSSR count). The summed E-state index contributed by atoms with van der Waals surface area (Å²) in [7, 11) is 4.39. The molecule has 0 saturated carbocycles. The number of hydrogen-bond acceptors (Lipinski definition) is 2. The number of aryl methyl sites for hydroxylation is 2. The van der Waals surface area contributed by atoms with E-state index in [1.807, 2.05) is 29.0 Å². The minimum Gasteiger partial charge on any atom is -0.458 e. The fourth-order valence-corrected chi connectivity index (χ4v) is 10.3. The Bertz CT molecular complexity index is 3930. The molecular weight excluding hydrogens is 797 g/mol. The molecule has 0 spiro atoms. The Morgan fingerprint density at radius 1 is 0.492 bits per heavy atom. The quantitative estimate of drug-likeness (QED) is 0.119. The second kappa shape index (κ2) is 14.4. The lowest BCUT2D eigenvalue weighted by Crippen LogP contribution is -2.28. The van der Waals surface area contributed by atoms with Gasteiger partial charge in [0.15, 0.2) is 0 Å². The van der Waals surface area contributed by atoms with Gasteiger partial charge in [-0.2, -0.15) is 0 Å². The van der Waals surface area contributed by atoms with E-state index in [4.69, 9.17) is 9.72 Å². The van der Waals surface area contributed by atoms with Crippen LogP contribution in [0.1, 0.15) is 0 Å². The van der Waals surface area contributed by atoms with Crippen LogP contribution >= 0.6 is 0 Å². The van der Waals surface area contributed by atoms with E-state index < -0.39 is 0 Å². The van der Waals surface area contributed by atoms with E-state index in [0.29, 0.717) is 0 Å². The first-order valence-electron chi connectivity index (χ1n) is 21.9. The van der Waals surface area contributed by atoms with E-state index in [-0.39, 0.29) is 0 Å². The molecule has 65 heavy (non-hydrogen) atoms. The van der Waals surface area contributed by atoms with Crippen molar-refractivity contribution in [3.05, 3.63) is 213 Å². The number of hydrogen-bond donors (Lipinski definition) is 0. The number of nitrogens with zero attached hydrogens (tertiary/aromatic N) is 6. The first-order valence-corrected chi connectivity index (χ1v) is 21.9. The number of benzene rings is 8. The number of pyridine rings is 1. The van der Waals surface area contributed by atoms with Crippen LogP contribution in [0.15, 0.2) is 207 Å². The first-order chi connectivity index (χ1) is 32.1. The molecule has 5 heterocycles. The predicted molar refractivity (Wildman–Crippen MR) is 264 cm³/mol. The van der Waals surface area contributed by atoms with Gasteiger partial charge in [-0.15, -0.1) is 0 Å². The van der Waals surface area contributed by atoms with Crippen LogP contribution in [0.2, 0.25) is 0 Å². The van der Waals surface area contributed by atoms with Gasteiger partial charge in [0.2, 0.25) is 0 Å². The molecule has 0 radical (unpaired) electrons. The van der Waals surface area contributed by atoms with E-state index in [9.17, 15) is 0 Å². The fourth-order valence-electron chi connectivity index (χ4n) is 10.3. The highest BCUT2D eigenvalue weighted by atomic mass is 16.5. The van der Waals surface area contributed by atoms with E-state index in [1.165, 1.54) is 49.0 Å². The van der Waals surface area contributed by atoms with Gasteiger partial charge < -0.3 is 13.9 Å². The van der Waals surface area contributed by atoms with Crippen molar-refractivity contribution in [2.75, 3.05) is 0 Å². The molecule has 0 N–H and O–H groups in total. The smallest absolute Gasteiger partial charge is 0.268 e. The molecule has 0 unspecified atom stereocenters. The SMILES string of the molecule is Cn1c2ccccc2c2c3c4ccc(Oc5cccc(-[n+]6[c-]n(-c7c(-c8ccccc8)cccc7-c7ccccc7)cc6)c5)cc4n(-c4ccccn4)c3c3c4ccccc4n(C)c3c21. The molecule has 7 nitrogen and oxygen atoms in total. The Balaban J connectivity index is 0.973. The minimum atomic E-state index is 0.721. The molecule has 5 aromatic heterocycles. The summed E-state index contributed by atoms with van der Waals surface area (Å²) in [6, 6.07) is 65.9. The van der Waals surface area contributed by atoms with Gasteiger partial charge in [0, 0.05) is 82.1 Å². The van der Waals surface area contributed by atoms with Gasteiger partial charge in [-0.25, -0.2) is 4.98 Å². The summed E-state index contributed by atoms with van der Waals surface area (Å²) >= 11 is 0. The molecule has 0 fully saturated rings. The van der Waals surface area contributed by atoms with Crippen LogP contribution in [0.25, 0.3) is 105 Å². The summed E-state index contributed by atoms with van der Waals surface area (Å²) in [5, 5.41) is 7.22. The Labute approximate surface area is 374 Å². The molecule has 0 amide bonds. The second-order valence-corrected chi connectivity index (χ2v) is 16.7. The maximum Gasteiger partial charge on any atom is 0.268 e. The molecule has 0 aliphatic carbocycles. The van der Waals surface area contributed by atoms with Crippen molar-refractivity contribution in [1.29, 1.82) is 0 Å². The van der Waals surface area contributed by atoms with Crippen LogP contribution in [0, 0.1) is 6.33 Å². The molecule has 0 aliphatic heterocycles. The van der Waals surface area contributed by atoms with Crippen molar-refractivity contribution >= 4 is 65.4 Å². The molecule has 13 aromatic rings. The summed E-state index contributed by atoms with van der Waals surface area (Å²) in [6.45, 7) is 0. The minimum absolute atomic E-state index is 0.721. The number of aromatic nitrogens is 6. The molecule has 8 aromatic carbocycles. The Hall–Kier alpha value is -8.68. The van der Waals surface area contributed by atoms with E-state index in [1.54, 1.807) is 0 Å². The zero-order valence-electron chi connectivity index (χ0n) is 35.7. The lowest BCUT2D eigenvalue weighted by Gasteiger charge is -2.16. The van der Waals surface area contributed by atoms with Crippen molar-refractivity contribution in [2.24, 2.45) is 14.1 Å². The zero-order valence-corrected chi connectivity index (χ0v) is 35.7. The average Bonchev–Trinajstić information content (AvgIpc) is 4.13. The lowest BCUT2D eigenvalue weighted by molar-refractivity contribution is -0.599. The second-order valence-electron chi connectivity index (χ2n) is 16.7. The van der Waals surface area contributed by atoms with E-state index >= 15 is 0 Å². The van der Waals surface area contributed by atoms with E-state index in [0.717, 1.165) is 67.4 Å². The van der Waals surface area contributed by atoms with Crippen molar-refractivity contribution in [2.45, 2.75) is 0 Å². The van der Waals surface area contributed by atoms with Gasteiger partial charge >= 0.3 is 0 Å². The van der Waals surface area contributed by atoms with Crippen molar-refractivity contribution in [3.63, 3.8) is 0 Å². The maximum atomic E-state index is 6.83. The summed E-state index contributed by atoms with van der Waals surface area (Å²) in [4.78, 5) is 4.99. The van der Waals surface area contributed by atoms with Crippen LogP contribution in [0.5, 0.6) is 11.5 Å². The Morgan fingerprint density at radius 2 is 1.08 bits per heavy atom. The highest BCUT2D eigenvalue weighted by molar-refractivity contribution is 6.40. The normalized spacial score (nSPS) is 11.8. The molecule has 0 bridgehead atoms. The summed E-state index contributed by atoms with van der Waals surface area (Å²) in [5.41, 5.74) is 13.5. The Kier molecular flexibility index (Phi) is 8.20. The van der Waals surface area contributed by atoms with Crippen LogP contribution in [-0.2, 0) is 14.1 Å². The summed E-state index contributed by atoms with van der Waals surface area (Å²) in [5.74, 6) is 2.30. The van der Waals surface area contributed by atoms with Crippen LogP contribution in [0.3, 0.4) is 0 Å². The highest BCUT2D eigenvalue weighted by Gasteiger charge is 2.27. The van der Waals surface area contributed by atoms with Crippen molar-refractivity contribution in [3.8, 4) is 50.9 Å². The lowest BCUT2D eigenvalue weighted by atomic mass is 9.96. The predicted octanol–water partition coefficient (Wildman–Crippen LogP) is 13.5.